The average Bonchev–Trinajstić information content (AvgIpc) is 2.67. The molecule has 0 atom stereocenters. The van der Waals surface area contributed by atoms with Crippen LogP contribution >= 0.6 is 0 Å². The average molecular weight is 370 g/mol. The highest BCUT2D eigenvalue weighted by Crippen LogP contribution is 2.12. The zero-order chi connectivity index (χ0) is 19.7. The molecule has 0 heterocycles. The van der Waals surface area contributed by atoms with Gasteiger partial charge in [0.05, 0.1) is 32.7 Å². The maximum atomic E-state index is 12.3. The van der Waals surface area contributed by atoms with Gasteiger partial charge in [0.25, 0.3) is 0 Å². The Kier molecular flexibility index (Phi) is 16.2. The fraction of sp³-hybridized carbons (Fsp3) is 0.957. The van der Waals surface area contributed by atoms with E-state index in [0.29, 0.717) is 5.91 Å². The molecule has 0 saturated heterocycles. The molecule has 0 radical (unpaired) electrons. The van der Waals surface area contributed by atoms with Crippen molar-refractivity contribution >= 4 is 5.91 Å². The molecule has 1 amide bonds. The maximum Gasteiger partial charge on any atom is 0.222 e. The van der Waals surface area contributed by atoms with Crippen LogP contribution in [0.4, 0.5) is 0 Å². The van der Waals surface area contributed by atoms with Crippen molar-refractivity contribution in [1.82, 2.24) is 4.90 Å². The normalized spacial score (nSPS) is 11.7. The molecule has 0 unspecified atom stereocenters. The lowest BCUT2D eigenvalue weighted by atomic mass is 10.1. The Balaban J connectivity index is 3.64. The van der Waals surface area contributed by atoms with Crippen LogP contribution in [-0.4, -0.2) is 55.1 Å². The van der Waals surface area contributed by atoms with Crippen molar-refractivity contribution in [3.05, 3.63) is 0 Å². The molecule has 3 nitrogen and oxygen atoms in total. The van der Waals surface area contributed by atoms with Gasteiger partial charge in [0.2, 0.25) is 5.91 Å². The largest absolute Gasteiger partial charge is 0.340 e. The van der Waals surface area contributed by atoms with E-state index in [9.17, 15) is 4.79 Å². The second-order valence-electron chi connectivity index (χ2n) is 8.11. The SMILES string of the molecule is CCCCCCCCCCCCCC(=O)N(C)CC[N+](CC)(CC)CC. The number of nitrogens with zero attached hydrogens (tertiary/aromatic N) is 2. The Morgan fingerprint density at radius 1 is 0.692 bits per heavy atom. The number of quaternary nitrogens is 1. The number of carbonyl (C=O) groups is 1. The second-order valence-corrected chi connectivity index (χ2v) is 8.11. The van der Waals surface area contributed by atoms with Gasteiger partial charge in [-0.15, -0.1) is 0 Å². The van der Waals surface area contributed by atoms with Gasteiger partial charge in [-0.25, -0.2) is 0 Å². The van der Waals surface area contributed by atoms with Gasteiger partial charge in [0.15, 0.2) is 0 Å². The summed E-state index contributed by atoms with van der Waals surface area (Å²) in [5, 5.41) is 0. The Bertz CT molecular complexity index is 318. The van der Waals surface area contributed by atoms with E-state index in [1.807, 2.05) is 11.9 Å². The summed E-state index contributed by atoms with van der Waals surface area (Å²) in [5.41, 5.74) is 0. The summed E-state index contributed by atoms with van der Waals surface area (Å²) in [6, 6.07) is 0. The Labute approximate surface area is 165 Å². The van der Waals surface area contributed by atoms with Gasteiger partial charge in [-0.2, -0.15) is 0 Å². The fourth-order valence-corrected chi connectivity index (χ4v) is 3.76. The summed E-state index contributed by atoms with van der Waals surface area (Å²) in [7, 11) is 1.98. The highest BCUT2D eigenvalue weighted by atomic mass is 16.2. The number of unbranched alkanes of at least 4 members (excludes halogenated alkanes) is 10. The molecule has 0 bridgehead atoms. The van der Waals surface area contributed by atoms with Crippen LogP contribution in [0.5, 0.6) is 0 Å². The van der Waals surface area contributed by atoms with Gasteiger partial charge >= 0.3 is 0 Å². The molecular weight excluding hydrogens is 320 g/mol. The van der Waals surface area contributed by atoms with Crippen LogP contribution in [0.2, 0.25) is 0 Å². The Morgan fingerprint density at radius 2 is 1.12 bits per heavy atom. The first kappa shape index (κ1) is 25.4. The van der Waals surface area contributed by atoms with E-state index in [-0.39, 0.29) is 0 Å². The van der Waals surface area contributed by atoms with E-state index >= 15 is 0 Å². The predicted octanol–water partition coefficient (Wildman–Crippen LogP) is 6.02. The van der Waals surface area contributed by atoms with Crippen molar-refractivity contribution in [3.63, 3.8) is 0 Å². The first-order valence-electron chi connectivity index (χ1n) is 11.6. The van der Waals surface area contributed by atoms with Crippen LogP contribution in [-0.2, 0) is 4.79 Å². The van der Waals surface area contributed by atoms with Gasteiger partial charge in [0.1, 0.15) is 0 Å². The van der Waals surface area contributed by atoms with Gasteiger partial charge < -0.3 is 9.38 Å². The third-order valence-corrected chi connectivity index (χ3v) is 6.34. The number of likely N-dealkylation sites (N-methyl/N-ethyl adjacent to an activating group) is 2. The van der Waals surface area contributed by atoms with E-state index in [2.05, 4.69) is 27.7 Å². The van der Waals surface area contributed by atoms with Crippen molar-refractivity contribution in [3.8, 4) is 0 Å². The predicted molar refractivity (Wildman–Crippen MR) is 115 cm³/mol. The topological polar surface area (TPSA) is 20.3 Å². The van der Waals surface area contributed by atoms with E-state index in [1.54, 1.807) is 0 Å². The minimum atomic E-state index is 0.335. The monoisotopic (exact) mass is 369 g/mol. The standard InChI is InChI=1S/C23H49N2O/c1-6-10-11-12-13-14-15-16-17-18-19-20-23(26)24(5)21-22-25(7-2,8-3)9-4/h6-22H2,1-5H3/q+1. The third kappa shape index (κ3) is 11.9. The molecule has 0 saturated carbocycles. The number of amides is 1. The lowest BCUT2D eigenvalue weighted by molar-refractivity contribution is -0.922. The molecule has 0 fully saturated rings. The lowest BCUT2D eigenvalue weighted by Gasteiger charge is -2.37. The highest BCUT2D eigenvalue weighted by Gasteiger charge is 2.21. The van der Waals surface area contributed by atoms with E-state index in [4.69, 9.17) is 0 Å². The molecule has 0 spiro atoms. The van der Waals surface area contributed by atoms with Crippen molar-refractivity contribution in [2.24, 2.45) is 0 Å². The van der Waals surface area contributed by atoms with E-state index in [0.717, 1.165) is 50.0 Å². The first-order chi connectivity index (χ1) is 12.5. The molecular formula is C23H49N2O+. The summed E-state index contributed by atoms with van der Waals surface area (Å²) in [6.45, 7) is 14.5. The summed E-state index contributed by atoms with van der Waals surface area (Å²) >= 11 is 0. The number of rotatable bonds is 18. The second kappa shape index (κ2) is 16.6. The zero-order valence-corrected chi connectivity index (χ0v) is 18.8. The van der Waals surface area contributed by atoms with Crippen LogP contribution in [0, 0.1) is 0 Å². The van der Waals surface area contributed by atoms with Gasteiger partial charge in [-0.05, 0) is 27.2 Å². The van der Waals surface area contributed by atoms with Crippen molar-refractivity contribution in [2.45, 2.75) is 105 Å². The van der Waals surface area contributed by atoms with Crippen LogP contribution in [0.3, 0.4) is 0 Å². The summed E-state index contributed by atoms with van der Waals surface area (Å²) in [4.78, 5) is 14.3. The smallest absolute Gasteiger partial charge is 0.222 e. The molecule has 156 valence electrons. The molecule has 0 aromatic carbocycles. The molecule has 0 aliphatic heterocycles. The third-order valence-electron chi connectivity index (χ3n) is 6.34. The van der Waals surface area contributed by atoms with Crippen LogP contribution < -0.4 is 0 Å². The molecule has 0 aliphatic rings. The number of hydrogen-bond acceptors (Lipinski definition) is 1. The molecule has 3 heteroatoms. The number of carbonyl (C=O) groups excluding carboxylic acids is 1. The quantitative estimate of drug-likeness (QED) is 0.214. The first-order valence-corrected chi connectivity index (χ1v) is 11.6. The van der Waals surface area contributed by atoms with E-state index < -0.39 is 0 Å². The highest BCUT2D eigenvalue weighted by molar-refractivity contribution is 5.75. The van der Waals surface area contributed by atoms with Crippen molar-refractivity contribution < 1.29 is 9.28 Å². The zero-order valence-electron chi connectivity index (χ0n) is 18.8. The summed E-state index contributed by atoms with van der Waals surface area (Å²) < 4.78 is 1.12. The molecule has 0 aromatic heterocycles. The minimum absolute atomic E-state index is 0.335. The Morgan fingerprint density at radius 3 is 1.54 bits per heavy atom. The van der Waals surface area contributed by atoms with Gasteiger partial charge in [-0.1, -0.05) is 71.1 Å². The lowest BCUT2D eigenvalue weighted by Crippen LogP contribution is -2.51. The van der Waals surface area contributed by atoms with Crippen LogP contribution in [0.25, 0.3) is 0 Å². The van der Waals surface area contributed by atoms with Gasteiger partial charge in [0, 0.05) is 13.5 Å². The molecule has 26 heavy (non-hydrogen) atoms. The van der Waals surface area contributed by atoms with Crippen molar-refractivity contribution in [2.75, 3.05) is 39.8 Å². The van der Waals surface area contributed by atoms with Gasteiger partial charge in [-0.3, -0.25) is 4.79 Å². The Hall–Kier alpha value is -0.570. The van der Waals surface area contributed by atoms with Crippen molar-refractivity contribution in [1.29, 1.82) is 0 Å². The molecule has 0 N–H and O–H groups in total. The van der Waals surface area contributed by atoms with Crippen LogP contribution in [0.1, 0.15) is 105 Å². The summed E-state index contributed by atoms with van der Waals surface area (Å²) in [5.74, 6) is 0.335. The summed E-state index contributed by atoms with van der Waals surface area (Å²) in [6.07, 6.45) is 15.4. The maximum absolute atomic E-state index is 12.3. The van der Waals surface area contributed by atoms with Crippen LogP contribution in [0.15, 0.2) is 0 Å². The van der Waals surface area contributed by atoms with E-state index in [1.165, 1.54) is 64.2 Å². The molecule has 0 aromatic rings. The molecule has 0 rings (SSSR count). The number of hydrogen-bond donors (Lipinski definition) is 0. The minimum Gasteiger partial charge on any atom is -0.340 e. The molecule has 0 aliphatic carbocycles. The fourth-order valence-electron chi connectivity index (χ4n) is 3.76.